The zero-order valence-corrected chi connectivity index (χ0v) is 11.8. The summed E-state index contributed by atoms with van der Waals surface area (Å²) in [5.74, 6) is 1.81. The molecule has 0 aromatic heterocycles. The predicted molar refractivity (Wildman–Crippen MR) is 71.6 cm³/mol. The van der Waals surface area contributed by atoms with Crippen LogP contribution >= 0.6 is 0 Å². The number of fused-ring (bicyclic) bond motifs is 1. The minimum atomic E-state index is -0.733. The first-order valence-electron chi connectivity index (χ1n) is 7.66. The fourth-order valence-electron chi connectivity index (χ4n) is 4.04. The number of ether oxygens (including phenoxy) is 1. The van der Waals surface area contributed by atoms with Crippen molar-refractivity contribution in [2.24, 2.45) is 17.8 Å². The molecule has 108 valence electrons. The lowest BCUT2D eigenvalue weighted by molar-refractivity contribution is -0.138. The monoisotopic (exact) mass is 267 g/mol. The Balaban J connectivity index is 1.55. The SMILES string of the molecule is CN(CC1(O)CCOCC1)C(=O)C1C2CCCCC21. The van der Waals surface area contributed by atoms with Crippen molar-refractivity contribution in [3.05, 3.63) is 0 Å². The molecule has 3 rings (SSSR count). The molecule has 1 N–H and O–H groups in total. The Hall–Kier alpha value is -0.610. The highest BCUT2D eigenvalue weighted by atomic mass is 16.5. The van der Waals surface area contributed by atoms with Gasteiger partial charge in [0.15, 0.2) is 0 Å². The van der Waals surface area contributed by atoms with Gasteiger partial charge in [0.25, 0.3) is 0 Å². The number of rotatable bonds is 3. The maximum Gasteiger partial charge on any atom is 0.226 e. The van der Waals surface area contributed by atoms with Gasteiger partial charge in [0, 0.05) is 45.6 Å². The van der Waals surface area contributed by atoms with E-state index in [-0.39, 0.29) is 11.8 Å². The summed E-state index contributed by atoms with van der Waals surface area (Å²) in [6.45, 7) is 1.67. The van der Waals surface area contributed by atoms with Crippen LogP contribution in [-0.4, -0.2) is 48.3 Å². The largest absolute Gasteiger partial charge is 0.388 e. The minimum Gasteiger partial charge on any atom is -0.388 e. The third-order valence-electron chi connectivity index (χ3n) is 5.27. The first kappa shape index (κ1) is 13.4. The summed E-state index contributed by atoms with van der Waals surface area (Å²) in [5, 5.41) is 10.5. The van der Waals surface area contributed by atoms with Crippen LogP contribution < -0.4 is 0 Å². The minimum absolute atomic E-state index is 0.260. The van der Waals surface area contributed by atoms with Crippen molar-refractivity contribution in [2.75, 3.05) is 26.8 Å². The molecule has 2 aliphatic carbocycles. The lowest BCUT2D eigenvalue weighted by atomic mass is 9.94. The summed E-state index contributed by atoms with van der Waals surface area (Å²) in [5.41, 5.74) is -0.733. The van der Waals surface area contributed by atoms with Gasteiger partial charge >= 0.3 is 0 Å². The quantitative estimate of drug-likeness (QED) is 0.841. The predicted octanol–water partition coefficient (Wildman–Crippen LogP) is 1.42. The molecule has 1 aliphatic heterocycles. The second kappa shape index (κ2) is 5.06. The fraction of sp³-hybridized carbons (Fsp3) is 0.933. The van der Waals surface area contributed by atoms with Crippen LogP contribution in [0.25, 0.3) is 0 Å². The van der Waals surface area contributed by atoms with E-state index in [9.17, 15) is 9.90 Å². The second-order valence-electron chi connectivity index (χ2n) is 6.67. The first-order chi connectivity index (χ1) is 9.11. The Kier molecular flexibility index (Phi) is 3.56. The van der Waals surface area contributed by atoms with Gasteiger partial charge in [-0.05, 0) is 24.7 Å². The van der Waals surface area contributed by atoms with Gasteiger partial charge in [-0.2, -0.15) is 0 Å². The third kappa shape index (κ3) is 2.65. The number of hydrogen-bond donors (Lipinski definition) is 1. The lowest BCUT2D eigenvalue weighted by Gasteiger charge is -2.35. The molecule has 0 aromatic carbocycles. The molecular weight excluding hydrogens is 242 g/mol. The number of carbonyl (C=O) groups excluding carboxylic acids is 1. The Morgan fingerprint density at radius 1 is 1.26 bits per heavy atom. The fourth-order valence-corrected chi connectivity index (χ4v) is 4.04. The van der Waals surface area contributed by atoms with Crippen molar-refractivity contribution in [3.63, 3.8) is 0 Å². The molecule has 1 saturated heterocycles. The third-order valence-corrected chi connectivity index (χ3v) is 5.27. The summed E-state index contributed by atoms with van der Waals surface area (Å²) >= 11 is 0. The molecule has 2 unspecified atom stereocenters. The van der Waals surface area contributed by atoms with Gasteiger partial charge in [-0.15, -0.1) is 0 Å². The van der Waals surface area contributed by atoms with Crippen molar-refractivity contribution in [1.29, 1.82) is 0 Å². The molecule has 0 aromatic rings. The lowest BCUT2D eigenvalue weighted by Crippen LogP contribution is -2.47. The van der Waals surface area contributed by atoms with E-state index in [1.807, 2.05) is 7.05 Å². The molecule has 0 radical (unpaired) electrons. The molecule has 3 aliphatic rings. The number of nitrogens with zero attached hydrogens (tertiary/aromatic N) is 1. The number of carbonyl (C=O) groups is 1. The van der Waals surface area contributed by atoms with Crippen molar-refractivity contribution in [1.82, 2.24) is 4.90 Å². The molecule has 1 heterocycles. The van der Waals surface area contributed by atoms with Gasteiger partial charge in [0.1, 0.15) is 0 Å². The van der Waals surface area contributed by atoms with Crippen molar-refractivity contribution in [2.45, 2.75) is 44.1 Å². The van der Waals surface area contributed by atoms with E-state index in [1.165, 1.54) is 25.7 Å². The molecule has 1 amide bonds. The van der Waals surface area contributed by atoms with Crippen LogP contribution in [-0.2, 0) is 9.53 Å². The Labute approximate surface area is 115 Å². The number of amides is 1. The molecule has 2 saturated carbocycles. The molecule has 0 bridgehead atoms. The number of likely N-dealkylation sites (N-methyl/N-ethyl adjacent to an activating group) is 1. The topological polar surface area (TPSA) is 49.8 Å². The van der Waals surface area contributed by atoms with Crippen LogP contribution in [0.1, 0.15) is 38.5 Å². The number of aliphatic hydroxyl groups is 1. The first-order valence-corrected chi connectivity index (χ1v) is 7.66. The average Bonchev–Trinajstić information content (AvgIpc) is 3.12. The summed E-state index contributed by atoms with van der Waals surface area (Å²) < 4.78 is 5.28. The molecule has 0 spiro atoms. The van der Waals surface area contributed by atoms with E-state index in [0.29, 0.717) is 44.4 Å². The zero-order chi connectivity index (χ0) is 13.5. The second-order valence-corrected chi connectivity index (χ2v) is 6.67. The highest BCUT2D eigenvalue weighted by molar-refractivity contribution is 5.82. The van der Waals surface area contributed by atoms with Gasteiger partial charge in [0.05, 0.1) is 5.60 Å². The summed E-state index contributed by atoms with van der Waals surface area (Å²) in [6, 6.07) is 0. The normalized spacial score (nSPS) is 36.4. The van der Waals surface area contributed by atoms with E-state index in [2.05, 4.69) is 0 Å². The van der Waals surface area contributed by atoms with Crippen LogP contribution in [0.4, 0.5) is 0 Å². The van der Waals surface area contributed by atoms with Crippen LogP contribution in [0.3, 0.4) is 0 Å². The van der Waals surface area contributed by atoms with Crippen molar-refractivity contribution >= 4 is 5.91 Å². The molecule has 4 heteroatoms. The van der Waals surface area contributed by atoms with Gasteiger partial charge in [-0.1, -0.05) is 12.8 Å². The van der Waals surface area contributed by atoms with Crippen LogP contribution in [0.2, 0.25) is 0 Å². The maximum atomic E-state index is 12.5. The smallest absolute Gasteiger partial charge is 0.226 e. The van der Waals surface area contributed by atoms with E-state index in [4.69, 9.17) is 4.74 Å². The zero-order valence-electron chi connectivity index (χ0n) is 11.8. The van der Waals surface area contributed by atoms with E-state index < -0.39 is 5.60 Å². The van der Waals surface area contributed by atoms with E-state index >= 15 is 0 Å². The van der Waals surface area contributed by atoms with Crippen LogP contribution in [0, 0.1) is 17.8 Å². The van der Waals surface area contributed by atoms with Gasteiger partial charge in [-0.3, -0.25) is 4.79 Å². The van der Waals surface area contributed by atoms with Gasteiger partial charge in [-0.25, -0.2) is 0 Å². The Bertz CT molecular complexity index is 339. The van der Waals surface area contributed by atoms with Crippen LogP contribution in [0.5, 0.6) is 0 Å². The Morgan fingerprint density at radius 3 is 2.42 bits per heavy atom. The molecular formula is C15H25NO3. The summed E-state index contributed by atoms with van der Waals surface area (Å²) in [6.07, 6.45) is 6.32. The van der Waals surface area contributed by atoms with Crippen molar-refractivity contribution < 1.29 is 14.6 Å². The molecule has 2 atom stereocenters. The average molecular weight is 267 g/mol. The van der Waals surface area contributed by atoms with E-state index in [1.54, 1.807) is 4.90 Å². The van der Waals surface area contributed by atoms with Gasteiger partial charge in [0.2, 0.25) is 5.91 Å². The molecule has 3 fully saturated rings. The van der Waals surface area contributed by atoms with Gasteiger partial charge < -0.3 is 14.7 Å². The number of hydrogen-bond acceptors (Lipinski definition) is 3. The van der Waals surface area contributed by atoms with Crippen LogP contribution in [0.15, 0.2) is 0 Å². The summed E-state index contributed by atoms with van der Waals surface area (Å²) in [4.78, 5) is 14.2. The molecule has 4 nitrogen and oxygen atoms in total. The highest BCUT2D eigenvalue weighted by Crippen LogP contribution is 2.56. The maximum absolute atomic E-state index is 12.5. The van der Waals surface area contributed by atoms with Crippen molar-refractivity contribution in [3.8, 4) is 0 Å². The molecule has 19 heavy (non-hydrogen) atoms. The highest BCUT2D eigenvalue weighted by Gasteiger charge is 2.55. The summed E-state index contributed by atoms with van der Waals surface area (Å²) in [7, 11) is 1.85. The Morgan fingerprint density at radius 2 is 1.84 bits per heavy atom. The van der Waals surface area contributed by atoms with E-state index in [0.717, 1.165) is 0 Å². The standard InChI is InChI=1S/C15H25NO3/c1-16(10-15(18)6-8-19-9-7-15)14(17)13-11-4-2-3-5-12(11)13/h11-13,18H,2-10H2,1H3.